The third-order valence-electron chi connectivity index (χ3n) is 9.54. The van der Waals surface area contributed by atoms with Gasteiger partial charge in [-0.05, 0) is 43.6 Å². The Kier molecular flexibility index (Phi) is 3.22. The normalized spacial score (nSPS) is 54.5. The van der Waals surface area contributed by atoms with Gasteiger partial charge in [-0.3, -0.25) is 0 Å². The van der Waals surface area contributed by atoms with Gasteiger partial charge in [0, 0.05) is 11.0 Å². The molecule has 8 heteroatoms. The molecule has 168 valence electrons. The fourth-order valence-corrected chi connectivity index (χ4v) is 8.09. The van der Waals surface area contributed by atoms with Gasteiger partial charge in [-0.1, -0.05) is 20.8 Å². The van der Waals surface area contributed by atoms with Crippen LogP contribution in [-0.2, 0) is 33.2 Å². The van der Waals surface area contributed by atoms with Gasteiger partial charge in [0.15, 0.2) is 11.7 Å². The van der Waals surface area contributed by atoms with E-state index in [-0.39, 0.29) is 48.1 Å². The summed E-state index contributed by atoms with van der Waals surface area (Å²) in [5.41, 5.74) is -0.211. The van der Waals surface area contributed by atoms with E-state index in [0.29, 0.717) is 13.0 Å². The number of carbonyl (C=O) groups excluding carboxylic acids is 2. The molecule has 0 N–H and O–H groups in total. The van der Waals surface area contributed by atoms with Crippen molar-refractivity contribution in [3.63, 3.8) is 0 Å². The van der Waals surface area contributed by atoms with Crippen LogP contribution in [0.5, 0.6) is 0 Å². The number of hydrogen-bond acceptors (Lipinski definition) is 8. The van der Waals surface area contributed by atoms with Gasteiger partial charge in [0.2, 0.25) is 0 Å². The van der Waals surface area contributed by atoms with Gasteiger partial charge in [0.25, 0.3) is 0 Å². The summed E-state index contributed by atoms with van der Waals surface area (Å²) in [6.07, 6.45) is 0.670. The molecule has 2 spiro atoms. The van der Waals surface area contributed by atoms with E-state index in [1.165, 1.54) is 0 Å². The molecule has 0 aromatic carbocycles. The van der Waals surface area contributed by atoms with E-state index in [0.717, 1.165) is 24.0 Å². The van der Waals surface area contributed by atoms with Crippen LogP contribution in [0.2, 0.25) is 0 Å². The van der Waals surface area contributed by atoms with Gasteiger partial charge in [0.1, 0.15) is 30.0 Å². The molecular weight excluding hydrogens is 404 g/mol. The second-order valence-electron chi connectivity index (χ2n) is 10.7. The Morgan fingerprint density at radius 1 is 1.23 bits per heavy atom. The van der Waals surface area contributed by atoms with E-state index in [9.17, 15) is 9.59 Å². The first-order chi connectivity index (χ1) is 14.8. The summed E-state index contributed by atoms with van der Waals surface area (Å²) in [4.78, 5) is 24.7. The van der Waals surface area contributed by atoms with Crippen molar-refractivity contribution in [2.75, 3.05) is 13.2 Å². The molecule has 7 rings (SSSR count). The lowest BCUT2D eigenvalue weighted by atomic mass is 9.46. The lowest BCUT2D eigenvalue weighted by molar-refractivity contribution is -0.136. The summed E-state index contributed by atoms with van der Waals surface area (Å²) in [5.74, 6) is 0.111. The lowest BCUT2D eigenvalue weighted by Gasteiger charge is -2.53. The van der Waals surface area contributed by atoms with Crippen molar-refractivity contribution in [2.24, 2.45) is 17.3 Å². The molecule has 4 heterocycles. The molecular formula is C23H28O8. The number of fused-ring (bicyclic) bond motifs is 4. The average molecular weight is 432 g/mol. The first kappa shape index (κ1) is 18.9. The molecule has 0 amide bonds. The molecule has 4 aliphatic heterocycles. The molecule has 0 aromatic heterocycles. The second kappa shape index (κ2) is 5.29. The summed E-state index contributed by atoms with van der Waals surface area (Å²) in [5, 5.41) is 0. The topological polar surface area (TPSA) is 99.4 Å². The minimum absolute atomic E-state index is 0.0880. The number of hydrogen-bond donors (Lipinski definition) is 0. The van der Waals surface area contributed by atoms with Gasteiger partial charge >= 0.3 is 12.1 Å². The van der Waals surface area contributed by atoms with Crippen LogP contribution in [0.25, 0.3) is 0 Å². The van der Waals surface area contributed by atoms with Crippen LogP contribution >= 0.6 is 0 Å². The van der Waals surface area contributed by atoms with Crippen LogP contribution < -0.4 is 0 Å². The van der Waals surface area contributed by atoms with Crippen molar-refractivity contribution in [1.82, 2.24) is 0 Å². The first-order valence-corrected chi connectivity index (χ1v) is 11.5. The summed E-state index contributed by atoms with van der Waals surface area (Å²) < 4.78 is 36.1. The third-order valence-corrected chi connectivity index (χ3v) is 9.54. The van der Waals surface area contributed by atoms with Crippen molar-refractivity contribution in [2.45, 2.75) is 88.2 Å². The molecule has 0 bridgehead atoms. The zero-order valence-corrected chi connectivity index (χ0v) is 18.3. The molecule has 5 fully saturated rings. The fraction of sp³-hybridized carbons (Fsp3) is 0.826. The monoisotopic (exact) mass is 432 g/mol. The van der Waals surface area contributed by atoms with Crippen LogP contribution in [-0.4, -0.2) is 66.6 Å². The van der Waals surface area contributed by atoms with Crippen molar-refractivity contribution in [3.8, 4) is 0 Å². The molecule has 31 heavy (non-hydrogen) atoms. The van der Waals surface area contributed by atoms with E-state index in [4.69, 9.17) is 28.4 Å². The highest BCUT2D eigenvalue weighted by Crippen LogP contribution is 2.83. The largest absolute Gasteiger partial charge is 0.508 e. The summed E-state index contributed by atoms with van der Waals surface area (Å²) in [7, 11) is 0. The molecule has 9 atom stereocenters. The van der Waals surface area contributed by atoms with Gasteiger partial charge in [-0.2, -0.15) is 0 Å². The van der Waals surface area contributed by atoms with Gasteiger partial charge < -0.3 is 28.4 Å². The quantitative estimate of drug-likeness (QED) is 0.495. The number of ether oxygens (including phenoxy) is 6. The van der Waals surface area contributed by atoms with E-state index >= 15 is 0 Å². The summed E-state index contributed by atoms with van der Waals surface area (Å²) in [6, 6.07) is 0. The lowest BCUT2D eigenvalue weighted by Crippen LogP contribution is -2.70. The SMILES string of the molecule is CCOC(=O)O[C@@H]1[C@@]2(C(C)C)O[C@H]2[C@H]2O[C@]23[C@]12O[C@H]2C[C@H]1C2=C(CC[C@@]13C)C(=O)OC2. The van der Waals surface area contributed by atoms with Crippen molar-refractivity contribution in [3.05, 3.63) is 11.1 Å². The molecule has 2 saturated carbocycles. The number of carbonyl (C=O) groups is 2. The maximum Gasteiger partial charge on any atom is 0.508 e. The van der Waals surface area contributed by atoms with E-state index in [2.05, 4.69) is 20.8 Å². The predicted molar refractivity (Wildman–Crippen MR) is 103 cm³/mol. The van der Waals surface area contributed by atoms with Gasteiger partial charge in [0.05, 0.1) is 12.7 Å². The highest BCUT2D eigenvalue weighted by molar-refractivity contribution is 5.92. The number of cyclic esters (lactones) is 1. The zero-order chi connectivity index (χ0) is 21.6. The van der Waals surface area contributed by atoms with E-state index < -0.39 is 29.1 Å². The highest BCUT2D eigenvalue weighted by atomic mass is 16.8. The molecule has 0 radical (unpaired) electrons. The highest BCUT2D eigenvalue weighted by Gasteiger charge is 3.01. The molecule has 8 nitrogen and oxygen atoms in total. The maximum absolute atomic E-state index is 12.5. The molecule has 0 unspecified atom stereocenters. The van der Waals surface area contributed by atoms with Crippen LogP contribution in [0.4, 0.5) is 4.79 Å². The van der Waals surface area contributed by atoms with E-state index in [1.54, 1.807) is 6.92 Å². The predicted octanol–water partition coefficient (Wildman–Crippen LogP) is 2.28. The Hall–Kier alpha value is -1.64. The van der Waals surface area contributed by atoms with Gasteiger partial charge in [-0.25, -0.2) is 9.59 Å². The smallest absolute Gasteiger partial charge is 0.458 e. The molecule has 3 aliphatic carbocycles. The minimum atomic E-state index is -0.728. The summed E-state index contributed by atoms with van der Waals surface area (Å²) >= 11 is 0. The average Bonchev–Trinajstić information content (AvgIpc) is 3.61. The standard InChI is InChI=1S/C23H28O8/c1-5-26-19(25)28-18-21(10(2)3)15(30-21)16-23(31-16)20(4)7-6-11-12(9-27-17(11)24)13(20)8-14-22(18,23)29-14/h10,13-16,18H,5-9H2,1-4H3/t13-,14-,15-,16+,18+,20-,21-,22+,23+/m0/s1. The Morgan fingerprint density at radius 3 is 2.77 bits per heavy atom. The first-order valence-electron chi connectivity index (χ1n) is 11.5. The third kappa shape index (κ3) is 1.78. The van der Waals surface area contributed by atoms with Gasteiger partial charge in [-0.15, -0.1) is 0 Å². The van der Waals surface area contributed by atoms with Crippen LogP contribution in [0.15, 0.2) is 11.1 Å². The van der Waals surface area contributed by atoms with Crippen molar-refractivity contribution in [1.29, 1.82) is 0 Å². The van der Waals surface area contributed by atoms with E-state index in [1.807, 2.05) is 0 Å². The Balaban J connectivity index is 1.34. The Bertz CT molecular complexity index is 957. The van der Waals surface area contributed by atoms with Crippen LogP contribution in [0.3, 0.4) is 0 Å². The minimum Gasteiger partial charge on any atom is -0.458 e. The number of rotatable bonds is 3. The second-order valence-corrected chi connectivity index (χ2v) is 10.7. The Morgan fingerprint density at radius 2 is 2.03 bits per heavy atom. The van der Waals surface area contributed by atoms with Crippen molar-refractivity contribution < 1.29 is 38.0 Å². The maximum atomic E-state index is 12.5. The number of esters is 1. The fourth-order valence-electron chi connectivity index (χ4n) is 8.09. The van der Waals surface area contributed by atoms with Crippen molar-refractivity contribution >= 4 is 12.1 Å². The van der Waals surface area contributed by atoms with Crippen LogP contribution in [0, 0.1) is 17.3 Å². The molecule has 3 saturated heterocycles. The Labute approximate surface area is 180 Å². The number of epoxide rings is 3. The van der Waals surface area contributed by atoms with Crippen LogP contribution in [0.1, 0.15) is 47.0 Å². The zero-order valence-electron chi connectivity index (χ0n) is 18.3. The molecule has 7 aliphatic rings. The summed E-state index contributed by atoms with van der Waals surface area (Å²) in [6.45, 7) is 8.83. The molecule has 0 aromatic rings.